The Morgan fingerprint density at radius 1 is 1.06 bits per heavy atom. The number of ether oxygens (including phenoxy) is 1. The molecule has 0 radical (unpaired) electrons. The van der Waals surface area contributed by atoms with E-state index in [1.54, 1.807) is 13.3 Å². The van der Waals surface area contributed by atoms with E-state index in [4.69, 9.17) is 4.74 Å². The highest BCUT2D eigenvalue weighted by molar-refractivity contribution is 5.74. The van der Waals surface area contributed by atoms with Crippen molar-refractivity contribution in [2.75, 3.05) is 17.7 Å². The predicted octanol–water partition coefficient (Wildman–Crippen LogP) is 3.23. The van der Waals surface area contributed by atoms with E-state index < -0.39 is 0 Å². The second kappa shape index (κ2) is 10.6. The number of nitrogens with zero attached hydrogens (tertiary/aromatic N) is 3. The second-order valence-electron chi connectivity index (χ2n) is 8.80. The summed E-state index contributed by atoms with van der Waals surface area (Å²) < 4.78 is 5.54. The van der Waals surface area contributed by atoms with Crippen molar-refractivity contribution in [3.63, 3.8) is 0 Å². The van der Waals surface area contributed by atoms with E-state index in [9.17, 15) is 4.79 Å². The molecule has 2 fully saturated rings. The highest BCUT2D eigenvalue weighted by atomic mass is 16.5. The average Bonchev–Trinajstić information content (AvgIpc) is 3.20. The number of H-pyrrole nitrogens is 1. The van der Waals surface area contributed by atoms with E-state index in [1.165, 1.54) is 6.42 Å². The Morgan fingerprint density at radius 2 is 1.84 bits per heavy atom. The summed E-state index contributed by atoms with van der Waals surface area (Å²) in [5.74, 6) is 2.01. The fourth-order valence-electron chi connectivity index (χ4n) is 4.62. The number of nitrogens with one attached hydrogen (secondary N) is 5. The average molecular weight is 443 g/mol. The molecule has 0 saturated heterocycles. The number of aryl methyl sites for hydroxylation is 1. The number of rotatable bonds is 7. The molecule has 32 heavy (non-hydrogen) atoms. The summed E-state index contributed by atoms with van der Waals surface area (Å²) in [6, 6.07) is 4.24. The minimum absolute atomic E-state index is 0.0777. The minimum atomic E-state index is -0.0777. The van der Waals surface area contributed by atoms with Crippen LogP contribution in [0.1, 0.15) is 57.1 Å². The first-order valence-electron chi connectivity index (χ1n) is 11.6. The van der Waals surface area contributed by atoms with E-state index in [0.29, 0.717) is 11.8 Å². The Hall–Kier alpha value is -2.88. The highest BCUT2D eigenvalue weighted by Gasteiger charge is 2.28. The molecule has 4 rings (SSSR count). The maximum Gasteiger partial charge on any atom is 0.315 e. The summed E-state index contributed by atoms with van der Waals surface area (Å²) in [5, 5.41) is 19.9. The van der Waals surface area contributed by atoms with Crippen molar-refractivity contribution in [2.45, 2.75) is 82.5 Å². The summed E-state index contributed by atoms with van der Waals surface area (Å²) >= 11 is 0. The van der Waals surface area contributed by atoms with Gasteiger partial charge in [-0.25, -0.2) is 9.78 Å². The van der Waals surface area contributed by atoms with Crippen LogP contribution < -0.4 is 21.3 Å². The monoisotopic (exact) mass is 442 g/mol. The van der Waals surface area contributed by atoms with Gasteiger partial charge in [0.15, 0.2) is 5.82 Å². The first-order chi connectivity index (χ1) is 15.6. The second-order valence-corrected chi connectivity index (χ2v) is 8.80. The fraction of sp³-hybridized carbons (Fsp3) is 0.636. The Labute approximate surface area is 188 Å². The van der Waals surface area contributed by atoms with Gasteiger partial charge in [-0.05, 0) is 51.5 Å². The Balaban J connectivity index is 1.21. The van der Waals surface area contributed by atoms with E-state index in [1.807, 2.05) is 19.1 Å². The molecule has 174 valence electrons. The van der Waals surface area contributed by atoms with Gasteiger partial charge in [0.05, 0.1) is 12.1 Å². The minimum Gasteiger partial charge on any atom is -0.379 e. The molecule has 2 heterocycles. The van der Waals surface area contributed by atoms with Gasteiger partial charge in [0.25, 0.3) is 0 Å². The van der Waals surface area contributed by atoms with Crippen LogP contribution in [0.25, 0.3) is 0 Å². The molecule has 2 saturated carbocycles. The van der Waals surface area contributed by atoms with Gasteiger partial charge in [0, 0.05) is 37.2 Å². The Kier molecular flexibility index (Phi) is 7.41. The lowest BCUT2D eigenvalue weighted by Gasteiger charge is -2.33. The SMILES string of the molecule is CO[C@H]1CCCC[C@H]1NC(=O)N[C@H]1CC[C@H](Nc2nccc(Nc3cc(C)[nH]n3)n2)CC1. The van der Waals surface area contributed by atoms with Crippen LogP contribution in [-0.4, -0.2) is 57.5 Å². The van der Waals surface area contributed by atoms with Gasteiger partial charge < -0.3 is 26.0 Å². The van der Waals surface area contributed by atoms with Gasteiger partial charge in [-0.2, -0.15) is 10.1 Å². The lowest BCUT2D eigenvalue weighted by atomic mass is 9.91. The lowest BCUT2D eigenvalue weighted by Crippen LogP contribution is -2.52. The summed E-state index contributed by atoms with van der Waals surface area (Å²) in [6.45, 7) is 1.95. The van der Waals surface area contributed by atoms with E-state index in [0.717, 1.165) is 56.5 Å². The third kappa shape index (κ3) is 6.09. The van der Waals surface area contributed by atoms with Gasteiger partial charge in [-0.3, -0.25) is 5.10 Å². The molecule has 0 unspecified atom stereocenters. The zero-order valence-corrected chi connectivity index (χ0v) is 18.9. The number of aromatic amines is 1. The summed E-state index contributed by atoms with van der Waals surface area (Å²) in [4.78, 5) is 21.4. The predicted molar refractivity (Wildman–Crippen MR) is 123 cm³/mol. The van der Waals surface area contributed by atoms with Crippen LogP contribution in [0.2, 0.25) is 0 Å². The van der Waals surface area contributed by atoms with Crippen molar-refractivity contribution in [3.05, 3.63) is 24.0 Å². The number of carbonyl (C=O) groups is 1. The topological polar surface area (TPSA) is 129 Å². The molecule has 0 aromatic carbocycles. The summed E-state index contributed by atoms with van der Waals surface area (Å²) in [7, 11) is 1.73. The molecular weight excluding hydrogens is 408 g/mol. The van der Waals surface area contributed by atoms with Crippen LogP contribution in [0.3, 0.4) is 0 Å². The number of methoxy groups -OCH3 is 1. The van der Waals surface area contributed by atoms with Crippen molar-refractivity contribution in [1.29, 1.82) is 0 Å². The van der Waals surface area contributed by atoms with Crippen molar-refractivity contribution in [2.24, 2.45) is 0 Å². The van der Waals surface area contributed by atoms with Crippen molar-refractivity contribution >= 4 is 23.6 Å². The van der Waals surface area contributed by atoms with Crippen molar-refractivity contribution in [3.8, 4) is 0 Å². The van der Waals surface area contributed by atoms with Gasteiger partial charge in [0.2, 0.25) is 5.95 Å². The largest absolute Gasteiger partial charge is 0.379 e. The summed E-state index contributed by atoms with van der Waals surface area (Å²) in [5.41, 5.74) is 0.983. The zero-order chi connectivity index (χ0) is 22.3. The normalized spacial score (nSPS) is 25.7. The van der Waals surface area contributed by atoms with Crippen LogP contribution in [0.4, 0.5) is 22.4 Å². The molecule has 0 bridgehead atoms. The van der Waals surface area contributed by atoms with Crippen LogP contribution in [-0.2, 0) is 4.74 Å². The van der Waals surface area contributed by atoms with Crippen molar-refractivity contribution < 1.29 is 9.53 Å². The van der Waals surface area contributed by atoms with Crippen LogP contribution in [0, 0.1) is 6.92 Å². The number of carbonyl (C=O) groups excluding carboxylic acids is 1. The highest BCUT2D eigenvalue weighted by Crippen LogP contribution is 2.23. The molecule has 2 aromatic rings. The van der Waals surface area contributed by atoms with Gasteiger partial charge in [-0.1, -0.05) is 12.8 Å². The van der Waals surface area contributed by atoms with E-state index in [-0.39, 0.29) is 30.3 Å². The first-order valence-corrected chi connectivity index (χ1v) is 11.6. The number of amides is 2. The maximum absolute atomic E-state index is 12.5. The quantitative estimate of drug-likeness (QED) is 0.445. The molecule has 2 aliphatic rings. The molecule has 10 nitrogen and oxygen atoms in total. The number of anilines is 3. The first kappa shape index (κ1) is 22.3. The lowest BCUT2D eigenvalue weighted by molar-refractivity contribution is 0.0450. The summed E-state index contributed by atoms with van der Waals surface area (Å²) in [6.07, 6.45) is 9.91. The van der Waals surface area contributed by atoms with Gasteiger partial charge in [0.1, 0.15) is 5.82 Å². The van der Waals surface area contributed by atoms with E-state index >= 15 is 0 Å². The molecule has 2 aromatic heterocycles. The van der Waals surface area contributed by atoms with Crippen LogP contribution in [0.15, 0.2) is 18.3 Å². The Bertz CT molecular complexity index is 880. The van der Waals surface area contributed by atoms with Crippen LogP contribution in [0.5, 0.6) is 0 Å². The molecule has 2 amide bonds. The molecular formula is C22H34N8O2. The van der Waals surface area contributed by atoms with E-state index in [2.05, 4.69) is 41.4 Å². The van der Waals surface area contributed by atoms with Crippen LogP contribution >= 0.6 is 0 Å². The molecule has 5 N–H and O–H groups in total. The van der Waals surface area contributed by atoms with Gasteiger partial charge in [-0.15, -0.1) is 0 Å². The fourth-order valence-corrected chi connectivity index (χ4v) is 4.62. The third-order valence-corrected chi connectivity index (χ3v) is 6.34. The van der Waals surface area contributed by atoms with Gasteiger partial charge >= 0.3 is 6.03 Å². The maximum atomic E-state index is 12.5. The number of aromatic nitrogens is 4. The molecule has 0 aliphatic heterocycles. The molecule has 10 heteroatoms. The molecule has 2 aliphatic carbocycles. The number of urea groups is 1. The smallest absolute Gasteiger partial charge is 0.315 e. The number of hydrogen-bond donors (Lipinski definition) is 5. The Morgan fingerprint density at radius 3 is 2.59 bits per heavy atom. The standard InChI is InChI=1S/C22H34N8O2/c1-14-13-20(30-29-14)27-19-11-12-23-21(28-19)24-15-7-9-16(10-8-15)25-22(31)26-17-5-3-4-6-18(17)32-2/h11-13,15-18H,3-10H2,1-2H3,(H2,25,26,31)(H3,23,24,27,28,29,30)/t15-,16-,17-,18+/m1/s1. The molecule has 0 spiro atoms. The third-order valence-electron chi connectivity index (χ3n) is 6.34. The van der Waals surface area contributed by atoms with Crippen molar-refractivity contribution in [1.82, 2.24) is 30.8 Å². The number of hydrogen-bond acceptors (Lipinski definition) is 7. The molecule has 2 atom stereocenters. The zero-order valence-electron chi connectivity index (χ0n) is 18.9.